The molecule has 1 aliphatic rings. The molecule has 3 aromatic rings. The molecule has 156 valence electrons. The van der Waals surface area contributed by atoms with Gasteiger partial charge in [-0.25, -0.2) is 4.79 Å². The number of hydrogen-bond acceptors (Lipinski definition) is 5. The average molecular weight is 529 g/mol. The Morgan fingerprint density at radius 1 is 1.00 bits per heavy atom. The van der Waals surface area contributed by atoms with Gasteiger partial charge in [0.1, 0.15) is 17.2 Å². The van der Waals surface area contributed by atoms with Crippen LogP contribution in [0.5, 0.6) is 23.0 Å². The maximum absolute atomic E-state index is 12.5. The van der Waals surface area contributed by atoms with Gasteiger partial charge in [0.15, 0.2) is 11.5 Å². The second kappa shape index (κ2) is 9.09. The lowest BCUT2D eigenvalue weighted by Gasteiger charge is -2.09. The molecular formula is C23H16INO6. The van der Waals surface area contributed by atoms with Gasteiger partial charge in [-0.05, 0) is 76.7 Å². The van der Waals surface area contributed by atoms with E-state index in [1.165, 1.54) is 12.1 Å². The largest absolute Gasteiger partial charge is 0.477 e. The number of nitrogens with one attached hydrogen (secondary N) is 1. The summed E-state index contributed by atoms with van der Waals surface area (Å²) < 4.78 is 17.3. The standard InChI is InChI=1S/C23H16INO6/c24-17-3-1-2-4-19(17)31-16-8-5-14(6-9-16)11-18(23(27)28)25-22(26)15-7-10-20-21(12-15)30-13-29-20/h1-12H,13H2,(H,25,26)(H,27,28). The molecule has 2 N–H and O–H groups in total. The van der Waals surface area contributed by atoms with E-state index in [4.69, 9.17) is 14.2 Å². The first kappa shape index (κ1) is 20.7. The van der Waals surface area contributed by atoms with E-state index < -0.39 is 11.9 Å². The van der Waals surface area contributed by atoms with Crippen LogP contribution in [-0.2, 0) is 4.79 Å². The van der Waals surface area contributed by atoms with Gasteiger partial charge in [0.05, 0.1) is 3.57 Å². The monoisotopic (exact) mass is 529 g/mol. The molecule has 7 nitrogen and oxygen atoms in total. The van der Waals surface area contributed by atoms with Crippen LogP contribution in [0, 0.1) is 3.57 Å². The lowest BCUT2D eigenvalue weighted by molar-refractivity contribution is -0.132. The molecule has 0 aliphatic carbocycles. The molecular weight excluding hydrogens is 513 g/mol. The molecule has 0 saturated carbocycles. The van der Waals surface area contributed by atoms with Gasteiger partial charge in [-0.3, -0.25) is 4.79 Å². The number of amides is 1. The van der Waals surface area contributed by atoms with Gasteiger partial charge in [-0.2, -0.15) is 0 Å². The minimum Gasteiger partial charge on any atom is -0.477 e. The highest BCUT2D eigenvalue weighted by Gasteiger charge is 2.18. The van der Waals surface area contributed by atoms with Crippen molar-refractivity contribution in [2.45, 2.75) is 0 Å². The molecule has 0 saturated heterocycles. The molecule has 1 heterocycles. The zero-order chi connectivity index (χ0) is 21.8. The van der Waals surface area contributed by atoms with Crippen LogP contribution in [0.15, 0.2) is 72.4 Å². The van der Waals surface area contributed by atoms with Crippen molar-refractivity contribution in [3.8, 4) is 23.0 Å². The first-order valence-corrected chi connectivity index (χ1v) is 10.3. The molecule has 0 spiro atoms. The Balaban J connectivity index is 1.49. The van der Waals surface area contributed by atoms with Gasteiger partial charge in [-0.15, -0.1) is 0 Å². The van der Waals surface area contributed by atoms with E-state index in [2.05, 4.69) is 27.9 Å². The molecule has 8 heteroatoms. The summed E-state index contributed by atoms with van der Waals surface area (Å²) in [5, 5.41) is 11.9. The van der Waals surface area contributed by atoms with E-state index in [0.717, 1.165) is 9.32 Å². The van der Waals surface area contributed by atoms with Crippen molar-refractivity contribution in [3.63, 3.8) is 0 Å². The topological polar surface area (TPSA) is 94.1 Å². The van der Waals surface area contributed by atoms with Crippen molar-refractivity contribution >= 4 is 40.5 Å². The summed E-state index contributed by atoms with van der Waals surface area (Å²) in [6.45, 7) is 0.0871. The number of rotatable bonds is 6. The summed E-state index contributed by atoms with van der Waals surface area (Å²) in [6.07, 6.45) is 1.38. The van der Waals surface area contributed by atoms with E-state index in [9.17, 15) is 14.7 Å². The molecule has 1 aliphatic heterocycles. The van der Waals surface area contributed by atoms with Crippen molar-refractivity contribution in [1.82, 2.24) is 5.32 Å². The zero-order valence-electron chi connectivity index (χ0n) is 16.0. The van der Waals surface area contributed by atoms with Crippen molar-refractivity contribution < 1.29 is 28.9 Å². The second-order valence-corrected chi connectivity index (χ2v) is 7.65. The molecule has 31 heavy (non-hydrogen) atoms. The number of carboxylic acid groups (broad SMARTS) is 1. The summed E-state index contributed by atoms with van der Waals surface area (Å²) >= 11 is 2.19. The molecule has 0 bridgehead atoms. The third-order valence-corrected chi connectivity index (χ3v) is 5.26. The molecule has 0 fully saturated rings. The smallest absolute Gasteiger partial charge is 0.352 e. The van der Waals surface area contributed by atoms with Gasteiger partial charge < -0.3 is 24.6 Å². The van der Waals surface area contributed by atoms with Crippen LogP contribution in [0.2, 0.25) is 0 Å². The normalized spacial score (nSPS) is 12.4. The van der Waals surface area contributed by atoms with E-state index in [1.54, 1.807) is 36.4 Å². The third-order valence-electron chi connectivity index (χ3n) is 4.37. The van der Waals surface area contributed by atoms with Crippen molar-refractivity contribution in [3.05, 3.63) is 87.1 Å². The Bertz CT molecular complexity index is 1170. The number of carboxylic acids is 1. The number of para-hydroxylation sites is 1. The van der Waals surface area contributed by atoms with Crippen LogP contribution in [0.1, 0.15) is 15.9 Å². The number of hydrogen-bond donors (Lipinski definition) is 2. The highest BCUT2D eigenvalue weighted by molar-refractivity contribution is 14.1. The van der Waals surface area contributed by atoms with Crippen molar-refractivity contribution in [1.29, 1.82) is 0 Å². The Morgan fingerprint density at radius 2 is 1.74 bits per heavy atom. The summed E-state index contributed by atoms with van der Waals surface area (Å²) in [7, 11) is 0. The highest BCUT2D eigenvalue weighted by atomic mass is 127. The molecule has 1 amide bonds. The van der Waals surface area contributed by atoms with Gasteiger partial charge in [0.2, 0.25) is 6.79 Å². The summed E-state index contributed by atoms with van der Waals surface area (Å²) in [6, 6.07) is 19.1. The molecule has 4 rings (SSSR count). The quantitative estimate of drug-likeness (QED) is 0.356. The highest BCUT2D eigenvalue weighted by Crippen LogP contribution is 2.32. The molecule has 0 unspecified atom stereocenters. The first-order valence-electron chi connectivity index (χ1n) is 9.18. The number of halogens is 1. The molecule has 0 atom stereocenters. The Kier molecular flexibility index (Phi) is 6.08. The van der Waals surface area contributed by atoms with Gasteiger partial charge in [-0.1, -0.05) is 24.3 Å². The number of ether oxygens (including phenoxy) is 3. The van der Waals surface area contributed by atoms with Crippen LogP contribution < -0.4 is 19.5 Å². The fraction of sp³-hybridized carbons (Fsp3) is 0.0435. The van der Waals surface area contributed by atoms with Crippen LogP contribution in [-0.4, -0.2) is 23.8 Å². The van der Waals surface area contributed by atoms with Crippen molar-refractivity contribution in [2.24, 2.45) is 0 Å². The van der Waals surface area contributed by atoms with E-state index in [-0.39, 0.29) is 18.1 Å². The first-order chi connectivity index (χ1) is 15.0. The third kappa shape index (κ3) is 4.97. The predicted octanol–water partition coefficient (Wildman–Crippen LogP) is 4.67. The van der Waals surface area contributed by atoms with E-state index in [0.29, 0.717) is 22.8 Å². The minimum absolute atomic E-state index is 0.0871. The maximum Gasteiger partial charge on any atom is 0.352 e. The Labute approximate surface area is 191 Å². The van der Waals surface area contributed by atoms with Crippen molar-refractivity contribution in [2.75, 3.05) is 6.79 Å². The fourth-order valence-corrected chi connectivity index (χ4v) is 3.33. The van der Waals surface area contributed by atoms with E-state index >= 15 is 0 Å². The van der Waals surface area contributed by atoms with Crippen LogP contribution in [0.4, 0.5) is 0 Å². The van der Waals surface area contributed by atoms with Gasteiger partial charge in [0.25, 0.3) is 5.91 Å². The maximum atomic E-state index is 12.5. The van der Waals surface area contributed by atoms with Gasteiger partial charge in [0, 0.05) is 5.56 Å². The molecule has 0 aromatic heterocycles. The lowest BCUT2D eigenvalue weighted by atomic mass is 10.1. The lowest BCUT2D eigenvalue weighted by Crippen LogP contribution is -2.27. The summed E-state index contributed by atoms with van der Waals surface area (Å²) in [5.41, 5.74) is 0.602. The number of benzene rings is 3. The Morgan fingerprint density at radius 3 is 2.48 bits per heavy atom. The number of fused-ring (bicyclic) bond motifs is 1. The minimum atomic E-state index is -1.26. The SMILES string of the molecule is O=C(O)C(=Cc1ccc(Oc2ccccc2I)cc1)NC(=O)c1ccc2c(c1)OCO2. The molecule has 0 radical (unpaired) electrons. The fourth-order valence-electron chi connectivity index (χ4n) is 2.84. The van der Waals surface area contributed by atoms with Crippen LogP contribution in [0.3, 0.4) is 0 Å². The summed E-state index contributed by atoms with van der Waals surface area (Å²) in [5.74, 6) is 0.505. The van der Waals surface area contributed by atoms with Gasteiger partial charge >= 0.3 is 5.97 Å². The predicted molar refractivity (Wildman–Crippen MR) is 121 cm³/mol. The Hall–Kier alpha value is -3.53. The van der Waals surface area contributed by atoms with Crippen LogP contribution >= 0.6 is 22.6 Å². The number of aliphatic carboxylic acids is 1. The van der Waals surface area contributed by atoms with Crippen LogP contribution in [0.25, 0.3) is 6.08 Å². The zero-order valence-corrected chi connectivity index (χ0v) is 18.2. The van der Waals surface area contributed by atoms with E-state index in [1.807, 2.05) is 24.3 Å². The average Bonchev–Trinajstić information content (AvgIpc) is 3.24. The second-order valence-electron chi connectivity index (χ2n) is 6.49. The number of carbonyl (C=O) groups excluding carboxylic acids is 1. The number of carbonyl (C=O) groups is 2. The molecule has 3 aromatic carbocycles. The summed E-state index contributed by atoms with van der Waals surface area (Å²) in [4.78, 5) is 24.2.